The lowest BCUT2D eigenvalue weighted by Gasteiger charge is -2.06. The van der Waals surface area contributed by atoms with Crippen LogP contribution in [0, 0.1) is 6.92 Å². The molecule has 0 amide bonds. The summed E-state index contributed by atoms with van der Waals surface area (Å²) in [6.45, 7) is 5.94. The van der Waals surface area contributed by atoms with E-state index in [-0.39, 0.29) is 11.5 Å². The van der Waals surface area contributed by atoms with Crippen LogP contribution in [0.4, 0.5) is 0 Å². The largest absolute Gasteiger partial charge is 0.283 e. The van der Waals surface area contributed by atoms with Gasteiger partial charge in [0.15, 0.2) is 0 Å². The van der Waals surface area contributed by atoms with E-state index in [0.717, 1.165) is 11.1 Å². The van der Waals surface area contributed by atoms with E-state index in [9.17, 15) is 8.42 Å². The third-order valence-electron chi connectivity index (χ3n) is 2.07. The fourth-order valence-electron chi connectivity index (χ4n) is 1.09. The van der Waals surface area contributed by atoms with Crippen LogP contribution in [0.15, 0.2) is 40.8 Å². The summed E-state index contributed by atoms with van der Waals surface area (Å²) in [6, 6.07) is 6.57. The summed E-state index contributed by atoms with van der Waals surface area (Å²) < 4.78 is 23.5. The average Bonchev–Trinajstić information content (AvgIpc) is 2.25. The molecule has 4 nitrogen and oxygen atoms in total. The zero-order valence-corrected chi connectivity index (χ0v) is 11.0. The van der Waals surface area contributed by atoms with Crippen molar-refractivity contribution < 1.29 is 13.3 Å². The van der Waals surface area contributed by atoms with Gasteiger partial charge >= 0.3 is 0 Å². The van der Waals surface area contributed by atoms with Crippen LogP contribution in [0.5, 0.6) is 0 Å². The molecule has 0 heterocycles. The van der Waals surface area contributed by atoms with E-state index in [2.05, 4.69) is 4.89 Å². The quantitative estimate of drug-likeness (QED) is 0.498. The summed E-state index contributed by atoms with van der Waals surface area (Å²) in [5, 5.41) is 0. The van der Waals surface area contributed by atoms with Crippen molar-refractivity contribution in [1.29, 1.82) is 0 Å². The number of aryl methyl sites for hydroxylation is 1. The summed E-state index contributed by atoms with van der Waals surface area (Å²) >= 11 is 0. The molecule has 1 aromatic rings. The number of allylic oxidation sites excluding steroid dienone is 1. The molecule has 5 heteroatoms. The number of hydrogen-bond donors (Lipinski definition) is 1. The molecule has 0 bridgehead atoms. The summed E-state index contributed by atoms with van der Waals surface area (Å²) in [4.78, 5) is 7.15. The highest BCUT2D eigenvalue weighted by molar-refractivity contribution is 7.89. The first-order chi connectivity index (χ1) is 7.92. The van der Waals surface area contributed by atoms with Gasteiger partial charge in [0.05, 0.1) is 11.5 Å². The van der Waals surface area contributed by atoms with E-state index in [1.807, 2.05) is 20.8 Å². The van der Waals surface area contributed by atoms with E-state index in [4.69, 9.17) is 4.84 Å². The van der Waals surface area contributed by atoms with Crippen molar-refractivity contribution in [2.45, 2.75) is 25.7 Å². The first kappa shape index (κ1) is 13.9. The second kappa shape index (κ2) is 5.95. The van der Waals surface area contributed by atoms with Gasteiger partial charge in [-0.2, -0.15) is 0 Å². The third-order valence-corrected chi connectivity index (χ3v) is 3.30. The second-order valence-electron chi connectivity index (χ2n) is 3.99. The Morgan fingerprint density at radius 2 is 1.88 bits per heavy atom. The zero-order valence-electron chi connectivity index (χ0n) is 10.2. The molecule has 0 saturated carbocycles. The predicted molar refractivity (Wildman–Crippen MR) is 66.9 cm³/mol. The Morgan fingerprint density at radius 3 is 2.41 bits per heavy atom. The maximum absolute atomic E-state index is 11.7. The van der Waals surface area contributed by atoms with Crippen molar-refractivity contribution in [3.05, 3.63) is 41.5 Å². The molecule has 0 aliphatic rings. The fourth-order valence-corrected chi connectivity index (χ4v) is 1.90. The van der Waals surface area contributed by atoms with Gasteiger partial charge in [-0.1, -0.05) is 34.2 Å². The van der Waals surface area contributed by atoms with Crippen LogP contribution in [0.25, 0.3) is 0 Å². The van der Waals surface area contributed by atoms with Crippen LogP contribution < -0.4 is 4.89 Å². The Kier molecular flexibility index (Phi) is 4.86. The molecule has 0 aliphatic heterocycles. The van der Waals surface area contributed by atoms with E-state index in [0.29, 0.717) is 0 Å². The van der Waals surface area contributed by atoms with Gasteiger partial charge in [0.25, 0.3) is 10.0 Å². The Bertz CT molecular complexity index is 485. The predicted octanol–water partition coefficient (Wildman–Crippen LogP) is 2.17. The highest BCUT2D eigenvalue weighted by atomic mass is 32.2. The fraction of sp³-hybridized carbons (Fsp3) is 0.333. The molecule has 0 spiro atoms. The first-order valence-corrected chi connectivity index (χ1v) is 6.74. The zero-order chi connectivity index (χ0) is 12.9. The van der Waals surface area contributed by atoms with Gasteiger partial charge in [-0.05, 0) is 32.9 Å². The van der Waals surface area contributed by atoms with Crippen molar-refractivity contribution in [3.63, 3.8) is 0 Å². The lowest BCUT2D eigenvalue weighted by Crippen LogP contribution is -2.24. The standard InChI is InChI=1S/C12H17NO3S/c1-10(2)8-9-16-13-17(14,15)12-6-4-11(3)5-7-12/h4-8,13H,9H2,1-3H3. The van der Waals surface area contributed by atoms with Crippen LogP contribution in [-0.2, 0) is 14.9 Å². The van der Waals surface area contributed by atoms with Gasteiger partial charge < -0.3 is 0 Å². The van der Waals surface area contributed by atoms with E-state index in [1.165, 1.54) is 0 Å². The summed E-state index contributed by atoms with van der Waals surface area (Å²) in [6.07, 6.45) is 1.79. The number of nitrogens with one attached hydrogen (secondary N) is 1. The molecule has 0 aliphatic carbocycles. The maximum atomic E-state index is 11.7. The molecule has 0 aromatic heterocycles. The third kappa shape index (κ3) is 4.68. The van der Waals surface area contributed by atoms with Crippen LogP contribution in [0.1, 0.15) is 19.4 Å². The molecule has 1 rings (SSSR count). The molecule has 0 unspecified atom stereocenters. The first-order valence-electron chi connectivity index (χ1n) is 5.25. The lowest BCUT2D eigenvalue weighted by atomic mass is 10.2. The van der Waals surface area contributed by atoms with E-state index < -0.39 is 10.0 Å². The Labute approximate surface area is 102 Å². The minimum Gasteiger partial charge on any atom is -0.283 e. The van der Waals surface area contributed by atoms with Crippen LogP contribution in [-0.4, -0.2) is 15.0 Å². The normalized spacial score (nSPS) is 11.2. The van der Waals surface area contributed by atoms with E-state index >= 15 is 0 Å². The van der Waals surface area contributed by atoms with Crippen molar-refractivity contribution in [2.75, 3.05) is 6.61 Å². The Morgan fingerprint density at radius 1 is 1.29 bits per heavy atom. The monoisotopic (exact) mass is 255 g/mol. The van der Waals surface area contributed by atoms with Crippen LogP contribution in [0.2, 0.25) is 0 Å². The molecular weight excluding hydrogens is 238 g/mol. The van der Waals surface area contributed by atoms with Gasteiger partial charge in [-0.3, -0.25) is 4.84 Å². The molecule has 0 atom stereocenters. The van der Waals surface area contributed by atoms with Gasteiger partial charge in [-0.15, -0.1) is 0 Å². The smallest absolute Gasteiger partial charge is 0.262 e. The van der Waals surface area contributed by atoms with Gasteiger partial charge in [-0.25, -0.2) is 8.42 Å². The minimum absolute atomic E-state index is 0.195. The highest BCUT2D eigenvalue weighted by Crippen LogP contribution is 2.09. The van der Waals surface area contributed by atoms with E-state index in [1.54, 1.807) is 30.3 Å². The Hall–Kier alpha value is -1.17. The van der Waals surface area contributed by atoms with Crippen molar-refractivity contribution >= 4 is 10.0 Å². The minimum atomic E-state index is -3.58. The SMILES string of the molecule is CC(C)=CCONS(=O)(=O)c1ccc(C)cc1. The Balaban J connectivity index is 2.63. The van der Waals surface area contributed by atoms with Crippen molar-refractivity contribution in [1.82, 2.24) is 4.89 Å². The second-order valence-corrected chi connectivity index (χ2v) is 5.64. The van der Waals surface area contributed by atoms with Crippen LogP contribution in [0.3, 0.4) is 0 Å². The van der Waals surface area contributed by atoms with Gasteiger partial charge in [0.2, 0.25) is 0 Å². The molecular formula is C12H17NO3S. The van der Waals surface area contributed by atoms with Crippen molar-refractivity contribution in [2.24, 2.45) is 0 Å². The van der Waals surface area contributed by atoms with Crippen molar-refractivity contribution in [3.8, 4) is 0 Å². The summed E-state index contributed by atoms with van der Waals surface area (Å²) in [5.74, 6) is 0. The molecule has 0 saturated heterocycles. The average molecular weight is 255 g/mol. The molecule has 94 valence electrons. The number of benzene rings is 1. The summed E-state index contributed by atoms with van der Waals surface area (Å²) in [7, 11) is -3.58. The molecule has 1 aromatic carbocycles. The molecule has 0 radical (unpaired) electrons. The number of hydrogen-bond acceptors (Lipinski definition) is 3. The van der Waals surface area contributed by atoms with Gasteiger partial charge in [0.1, 0.15) is 0 Å². The molecule has 0 fully saturated rings. The summed E-state index contributed by atoms with van der Waals surface area (Å²) in [5.41, 5.74) is 2.08. The number of sulfonamides is 1. The highest BCUT2D eigenvalue weighted by Gasteiger charge is 2.12. The topological polar surface area (TPSA) is 55.4 Å². The van der Waals surface area contributed by atoms with Crippen LogP contribution >= 0.6 is 0 Å². The maximum Gasteiger partial charge on any atom is 0.262 e. The number of rotatable bonds is 5. The molecule has 17 heavy (non-hydrogen) atoms. The lowest BCUT2D eigenvalue weighted by molar-refractivity contribution is 0.119. The van der Waals surface area contributed by atoms with Gasteiger partial charge in [0, 0.05) is 0 Å². The molecule has 1 N–H and O–H groups in total.